The molecule has 0 saturated carbocycles. The fourth-order valence-corrected chi connectivity index (χ4v) is 3.03. The van der Waals surface area contributed by atoms with Crippen LogP contribution in [0.4, 0.5) is 0 Å². The molecule has 19 heavy (non-hydrogen) atoms. The summed E-state index contributed by atoms with van der Waals surface area (Å²) in [5.41, 5.74) is 0.292. The number of nitrogens with zero attached hydrogens (tertiary/aromatic N) is 3. The molecule has 1 fully saturated rings. The van der Waals surface area contributed by atoms with Crippen molar-refractivity contribution >= 4 is 0 Å². The van der Waals surface area contributed by atoms with Crippen LogP contribution in [0.2, 0.25) is 0 Å². The summed E-state index contributed by atoms with van der Waals surface area (Å²) in [5.74, 6) is 1.11. The van der Waals surface area contributed by atoms with Crippen LogP contribution in [0.1, 0.15) is 18.7 Å². The lowest BCUT2D eigenvalue weighted by Gasteiger charge is -2.39. The molecule has 1 saturated heterocycles. The van der Waals surface area contributed by atoms with Gasteiger partial charge in [0.25, 0.3) is 0 Å². The maximum absolute atomic E-state index is 5.47. The summed E-state index contributed by atoms with van der Waals surface area (Å²) in [7, 11) is 6.03. The summed E-state index contributed by atoms with van der Waals surface area (Å²) < 4.78 is 7.55. The van der Waals surface area contributed by atoms with Crippen molar-refractivity contribution in [2.45, 2.75) is 19.4 Å². The molecule has 5 heteroatoms. The molecule has 0 radical (unpaired) electrons. The maximum Gasteiger partial charge on any atom is 0.122 e. The number of nitrogens with one attached hydrogen (secondary N) is 1. The van der Waals surface area contributed by atoms with E-state index in [1.807, 2.05) is 26.6 Å². The van der Waals surface area contributed by atoms with E-state index >= 15 is 0 Å². The summed E-state index contributed by atoms with van der Waals surface area (Å²) in [6.07, 6.45) is 6.23. The Morgan fingerprint density at radius 3 is 2.79 bits per heavy atom. The zero-order valence-electron chi connectivity index (χ0n) is 12.4. The van der Waals surface area contributed by atoms with Crippen molar-refractivity contribution in [1.82, 2.24) is 19.8 Å². The molecule has 0 amide bonds. The van der Waals surface area contributed by atoms with Crippen LogP contribution in [0.15, 0.2) is 12.4 Å². The number of aromatic nitrogens is 2. The zero-order chi connectivity index (χ0) is 13.7. The van der Waals surface area contributed by atoms with Crippen molar-refractivity contribution in [3.05, 3.63) is 18.2 Å². The lowest BCUT2D eigenvalue weighted by Crippen LogP contribution is -2.46. The van der Waals surface area contributed by atoms with Gasteiger partial charge in [0.1, 0.15) is 5.82 Å². The summed E-state index contributed by atoms with van der Waals surface area (Å²) >= 11 is 0. The van der Waals surface area contributed by atoms with Crippen molar-refractivity contribution < 1.29 is 4.74 Å². The highest BCUT2D eigenvalue weighted by Gasteiger charge is 2.33. The largest absolute Gasteiger partial charge is 0.384 e. The van der Waals surface area contributed by atoms with E-state index in [4.69, 9.17) is 4.74 Å². The Labute approximate surface area is 116 Å². The van der Waals surface area contributed by atoms with Crippen LogP contribution in [0, 0.1) is 5.41 Å². The molecule has 108 valence electrons. The fourth-order valence-electron chi connectivity index (χ4n) is 3.03. The molecular weight excluding hydrogens is 240 g/mol. The minimum absolute atomic E-state index is 0.292. The van der Waals surface area contributed by atoms with E-state index in [0.717, 1.165) is 38.6 Å². The van der Waals surface area contributed by atoms with Gasteiger partial charge >= 0.3 is 0 Å². The zero-order valence-corrected chi connectivity index (χ0v) is 12.4. The van der Waals surface area contributed by atoms with Gasteiger partial charge in [-0.15, -0.1) is 0 Å². The molecule has 5 nitrogen and oxygen atoms in total. The monoisotopic (exact) mass is 266 g/mol. The van der Waals surface area contributed by atoms with Crippen molar-refractivity contribution in [1.29, 1.82) is 0 Å². The molecule has 0 atom stereocenters. The SMILES string of the molecule is COCC1(CN(C)Cc2nccn2C)CCNCC1. The molecular formula is C14H26N4O. The Morgan fingerprint density at radius 1 is 1.47 bits per heavy atom. The Hall–Kier alpha value is -0.910. The third-order valence-corrected chi connectivity index (χ3v) is 4.05. The van der Waals surface area contributed by atoms with E-state index in [-0.39, 0.29) is 0 Å². The quantitative estimate of drug-likeness (QED) is 0.829. The summed E-state index contributed by atoms with van der Waals surface area (Å²) in [6.45, 7) is 5.00. The third kappa shape index (κ3) is 3.78. The fraction of sp³-hybridized carbons (Fsp3) is 0.786. The molecule has 0 spiro atoms. The van der Waals surface area contributed by atoms with Gasteiger partial charge in [0.2, 0.25) is 0 Å². The lowest BCUT2D eigenvalue weighted by molar-refractivity contribution is 0.0262. The Kier molecular flexibility index (Phi) is 4.96. The first kappa shape index (κ1) is 14.5. The normalized spacial score (nSPS) is 18.9. The van der Waals surface area contributed by atoms with Gasteiger partial charge in [-0.3, -0.25) is 4.90 Å². The van der Waals surface area contributed by atoms with Crippen LogP contribution < -0.4 is 5.32 Å². The van der Waals surface area contributed by atoms with Crippen molar-refractivity contribution in [2.75, 3.05) is 40.4 Å². The van der Waals surface area contributed by atoms with Gasteiger partial charge < -0.3 is 14.6 Å². The van der Waals surface area contributed by atoms with Gasteiger partial charge in [0.15, 0.2) is 0 Å². The summed E-state index contributed by atoms with van der Waals surface area (Å²) in [6, 6.07) is 0. The summed E-state index contributed by atoms with van der Waals surface area (Å²) in [5, 5.41) is 3.44. The average molecular weight is 266 g/mol. The summed E-state index contributed by atoms with van der Waals surface area (Å²) in [4.78, 5) is 6.76. The molecule has 0 bridgehead atoms. The third-order valence-electron chi connectivity index (χ3n) is 4.05. The molecule has 0 aromatic carbocycles. The second kappa shape index (κ2) is 6.50. The molecule has 0 unspecified atom stereocenters. The Balaban J connectivity index is 1.94. The number of hydrogen-bond donors (Lipinski definition) is 1. The van der Waals surface area contributed by atoms with Crippen LogP contribution in [0.3, 0.4) is 0 Å². The molecule has 1 aromatic heterocycles. The van der Waals surface area contributed by atoms with Crippen LogP contribution in [-0.2, 0) is 18.3 Å². The van der Waals surface area contributed by atoms with Crippen LogP contribution in [0.25, 0.3) is 0 Å². The average Bonchev–Trinajstić information content (AvgIpc) is 2.76. The first-order valence-electron chi connectivity index (χ1n) is 7.00. The molecule has 2 rings (SSSR count). The van der Waals surface area contributed by atoms with E-state index in [1.165, 1.54) is 12.8 Å². The van der Waals surface area contributed by atoms with Crippen molar-refractivity contribution in [3.63, 3.8) is 0 Å². The Bertz CT molecular complexity index is 379. The molecule has 1 aliphatic rings. The maximum atomic E-state index is 5.47. The topological polar surface area (TPSA) is 42.3 Å². The predicted molar refractivity (Wildman–Crippen MR) is 76.0 cm³/mol. The van der Waals surface area contributed by atoms with Crippen molar-refractivity contribution in [3.8, 4) is 0 Å². The second-order valence-corrected chi connectivity index (χ2v) is 5.81. The first-order chi connectivity index (χ1) is 9.15. The molecule has 1 aliphatic heterocycles. The number of methoxy groups -OCH3 is 1. The highest BCUT2D eigenvalue weighted by Crippen LogP contribution is 2.30. The van der Waals surface area contributed by atoms with Gasteiger partial charge in [0, 0.05) is 38.5 Å². The van der Waals surface area contributed by atoms with Crippen LogP contribution in [-0.4, -0.2) is 54.8 Å². The standard InChI is InChI=1S/C14H26N4O/c1-17(10-13-16-8-9-18(13)2)11-14(12-19-3)4-6-15-7-5-14/h8-9,15H,4-7,10-12H2,1-3H3. The smallest absolute Gasteiger partial charge is 0.122 e. The van der Waals surface area contributed by atoms with E-state index in [0.29, 0.717) is 5.41 Å². The van der Waals surface area contributed by atoms with Gasteiger partial charge in [-0.05, 0) is 33.0 Å². The lowest BCUT2D eigenvalue weighted by atomic mass is 9.79. The number of aryl methyl sites for hydroxylation is 1. The number of imidazole rings is 1. The van der Waals surface area contributed by atoms with E-state index in [1.54, 1.807) is 0 Å². The minimum Gasteiger partial charge on any atom is -0.384 e. The number of rotatable bonds is 6. The number of hydrogen-bond acceptors (Lipinski definition) is 4. The molecule has 1 aromatic rings. The van der Waals surface area contributed by atoms with Crippen LogP contribution in [0.5, 0.6) is 0 Å². The highest BCUT2D eigenvalue weighted by molar-refractivity contribution is 4.93. The van der Waals surface area contributed by atoms with Gasteiger partial charge in [-0.1, -0.05) is 0 Å². The Morgan fingerprint density at radius 2 is 2.21 bits per heavy atom. The number of ether oxygens (including phenoxy) is 1. The first-order valence-corrected chi connectivity index (χ1v) is 7.00. The predicted octanol–water partition coefficient (Wildman–Crippen LogP) is 0.868. The second-order valence-electron chi connectivity index (χ2n) is 5.81. The molecule has 0 aliphatic carbocycles. The molecule has 1 N–H and O–H groups in total. The van der Waals surface area contributed by atoms with Gasteiger partial charge in [0.05, 0.1) is 13.2 Å². The van der Waals surface area contributed by atoms with Crippen molar-refractivity contribution in [2.24, 2.45) is 12.5 Å². The minimum atomic E-state index is 0.292. The molecule has 2 heterocycles. The highest BCUT2D eigenvalue weighted by atomic mass is 16.5. The van der Waals surface area contributed by atoms with Gasteiger partial charge in [-0.2, -0.15) is 0 Å². The van der Waals surface area contributed by atoms with E-state index in [9.17, 15) is 0 Å². The van der Waals surface area contributed by atoms with Crippen LogP contribution >= 0.6 is 0 Å². The van der Waals surface area contributed by atoms with E-state index in [2.05, 4.69) is 26.8 Å². The number of piperidine rings is 1. The van der Waals surface area contributed by atoms with E-state index < -0.39 is 0 Å². The van der Waals surface area contributed by atoms with Gasteiger partial charge in [-0.25, -0.2) is 4.98 Å².